The zero-order valence-corrected chi connectivity index (χ0v) is 18.6. The molecule has 0 spiro atoms. The maximum atomic E-state index is 12.7. The van der Waals surface area contributed by atoms with E-state index in [1.165, 1.54) is 12.8 Å². The molecule has 0 fully saturated rings. The fourth-order valence-corrected chi connectivity index (χ4v) is 3.54. The SMILES string of the molecule is CC(C)CCCCCOC(=O)C1(C(=O)OCCCCCC(C)C)C=CCCC1. The molecular formula is C24H42O4. The lowest BCUT2D eigenvalue weighted by molar-refractivity contribution is -0.169. The van der Waals surface area contributed by atoms with Gasteiger partial charge in [0.15, 0.2) is 5.41 Å². The molecule has 28 heavy (non-hydrogen) atoms. The first-order valence-electron chi connectivity index (χ1n) is 11.4. The number of esters is 2. The molecule has 0 amide bonds. The van der Waals surface area contributed by atoms with Gasteiger partial charge in [-0.05, 0) is 43.9 Å². The normalized spacial score (nSPS) is 15.8. The number of hydrogen-bond acceptors (Lipinski definition) is 4. The van der Waals surface area contributed by atoms with Crippen LogP contribution in [0.2, 0.25) is 0 Å². The number of carbonyl (C=O) groups excluding carboxylic acids is 2. The molecule has 1 aliphatic carbocycles. The van der Waals surface area contributed by atoms with E-state index in [-0.39, 0.29) is 0 Å². The van der Waals surface area contributed by atoms with Gasteiger partial charge in [-0.15, -0.1) is 0 Å². The summed E-state index contributed by atoms with van der Waals surface area (Å²) in [7, 11) is 0. The average molecular weight is 395 g/mol. The molecule has 0 saturated heterocycles. The molecule has 0 aromatic rings. The third kappa shape index (κ3) is 9.25. The highest BCUT2D eigenvalue weighted by atomic mass is 16.6. The zero-order chi connectivity index (χ0) is 20.8. The summed E-state index contributed by atoms with van der Waals surface area (Å²) in [6.07, 6.45) is 14.3. The highest BCUT2D eigenvalue weighted by Crippen LogP contribution is 2.34. The number of hydrogen-bond donors (Lipinski definition) is 0. The van der Waals surface area contributed by atoms with E-state index in [1.807, 2.05) is 6.08 Å². The van der Waals surface area contributed by atoms with E-state index >= 15 is 0 Å². The van der Waals surface area contributed by atoms with Crippen LogP contribution in [0.4, 0.5) is 0 Å². The van der Waals surface area contributed by atoms with Crippen molar-refractivity contribution >= 4 is 11.9 Å². The Morgan fingerprint density at radius 3 is 1.71 bits per heavy atom. The highest BCUT2D eigenvalue weighted by Gasteiger charge is 2.47. The van der Waals surface area contributed by atoms with Gasteiger partial charge < -0.3 is 9.47 Å². The van der Waals surface area contributed by atoms with Crippen molar-refractivity contribution < 1.29 is 19.1 Å². The fourth-order valence-electron chi connectivity index (χ4n) is 3.54. The monoisotopic (exact) mass is 394 g/mol. The Kier molecular flexibility index (Phi) is 12.2. The minimum absolute atomic E-state index is 0.384. The molecule has 0 aromatic carbocycles. The summed E-state index contributed by atoms with van der Waals surface area (Å²) in [5.41, 5.74) is -1.23. The quantitative estimate of drug-likeness (QED) is 0.152. The van der Waals surface area contributed by atoms with Crippen molar-refractivity contribution in [1.82, 2.24) is 0 Å². The predicted octanol–water partition coefficient (Wildman–Crippen LogP) is 6.23. The number of allylic oxidation sites excluding steroid dienone is 1. The van der Waals surface area contributed by atoms with E-state index in [0.29, 0.717) is 31.5 Å². The van der Waals surface area contributed by atoms with Gasteiger partial charge >= 0.3 is 11.9 Å². The van der Waals surface area contributed by atoms with Crippen LogP contribution in [0.15, 0.2) is 12.2 Å². The number of rotatable bonds is 14. The summed E-state index contributed by atoms with van der Waals surface area (Å²) in [4.78, 5) is 25.5. The zero-order valence-electron chi connectivity index (χ0n) is 18.6. The van der Waals surface area contributed by atoms with Crippen LogP contribution in [0, 0.1) is 17.3 Å². The van der Waals surface area contributed by atoms with Crippen LogP contribution in [-0.4, -0.2) is 25.2 Å². The molecular weight excluding hydrogens is 352 g/mol. The number of carbonyl (C=O) groups is 2. The van der Waals surface area contributed by atoms with Gasteiger partial charge in [0.1, 0.15) is 0 Å². The summed E-state index contributed by atoms with van der Waals surface area (Å²) in [5, 5.41) is 0. The second kappa shape index (κ2) is 13.8. The van der Waals surface area contributed by atoms with Crippen LogP contribution < -0.4 is 0 Å². The third-order valence-corrected chi connectivity index (χ3v) is 5.39. The standard InChI is InChI=1S/C24H42O4/c1-20(2)14-8-5-12-18-27-22(25)24(16-10-7-11-17-24)23(26)28-19-13-6-9-15-21(3)4/h10,16,20-21H,5-9,11-15,17-19H2,1-4H3. The number of ether oxygens (including phenoxy) is 2. The lowest BCUT2D eigenvalue weighted by Crippen LogP contribution is -2.41. The molecule has 0 N–H and O–H groups in total. The van der Waals surface area contributed by atoms with Gasteiger partial charge in [0.25, 0.3) is 0 Å². The Morgan fingerprint density at radius 1 is 0.821 bits per heavy atom. The van der Waals surface area contributed by atoms with Crippen molar-refractivity contribution in [3.05, 3.63) is 12.2 Å². The second-order valence-electron chi connectivity index (χ2n) is 9.02. The van der Waals surface area contributed by atoms with Crippen molar-refractivity contribution in [2.75, 3.05) is 13.2 Å². The van der Waals surface area contributed by atoms with E-state index in [2.05, 4.69) is 27.7 Å². The van der Waals surface area contributed by atoms with Crippen molar-refractivity contribution in [3.8, 4) is 0 Å². The topological polar surface area (TPSA) is 52.6 Å². The summed E-state index contributed by atoms with van der Waals surface area (Å²) in [6, 6.07) is 0. The van der Waals surface area contributed by atoms with Gasteiger partial charge in [-0.3, -0.25) is 9.59 Å². The molecule has 1 rings (SSSR count). The molecule has 0 aromatic heterocycles. The van der Waals surface area contributed by atoms with E-state index in [9.17, 15) is 9.59 Å². The van der Waals surface area contributed by atoms with Gasteiger partial charge in [-0.1, -0.05) is 78.4 Å². The average Bonchev–Trinajstić information content (AvgIpc) is 2.66. The molecule has 0 unspecified atom stereocenters. The van der Waals surface area contributed by atoms with Crippen LogP contribution in [0.5, 0.6) is 0 Å². The molecule has 0 atom stereocenters. The summed E-state index contributed by atoms with van der Waals surface area (Å²) < 4.78 is 11.0. The van der Waals surface area contributed by atoms with Crippen LogP contribution in [0.3, 0.4) is 0 Å². The highest BCUT2D eigenvalue weighted by molar-refractivity contribution is 6.02. The first-order chi connectivity index (χ1) is 13.4. The summed E-state index contributed by atoms with van der Waals surface area (Å²) in [6.45, 7) is 9.64. The largest absolute Gasteiger partial charge is 0.465 e. The van der Waals surface area contributed by atoms with Crippen molar-refractivity contribution in [2.24, 2.45) is 17.3 Å². The maximum absolute atomic E-state index is 12.7. The smallest absolute Gasteiger partial charge is 0.327 e. The molecule has 0 heterocycles. The lowest BCUT2D eigenvalue weighted by Gasteiger charge is -2.28. The van der Waals surface area contributed by atoms with Crippen LogP contribution in [0.25, 0.3) is 0 Å². The molecule has 0 bridgehead atoms. The van der Waals surface area contributed by atoms with E-state index in [4.69, 9.17) is 9.47 Å². The minimum Gasteiger partial charge on any atom is -0.465 e. The first kappa shape index (κ1) is 24.7. The van der Waals surface area contributed by atoms with Crippen molar-refractivity contribution in [2.45, 2.75) is 98.3 Å². The predicted molar refractivity (Wildman–Crippen MR) is 114 cm³/mol. The van der Waals surface area contributed by atoms with E-state index < -0.39 is 17.4 Å². The van der Waals surface area contributed by atoms with E-state index in [1.54, 1.807) is 6.08 Å². The fraction of sp³-hybridized carbons (Fsp3) is 0.833. The van der Waals surface area contributed by atoms with Gasteiger partial charge in [-0.25, -0.2) is 0 Å². The second-order valence-corrected chi connectivity index (χ2v) is 9.02. The molecule has 0 radical (unpaired) electrons. The Morgan fingerprint density at radius 2 is 1.32 bits per heavy atom. The maximum Gasteiger partial charge on any atom is 0.327 e. The lowest BCUT2D eigenvalue weighted by atomic mass is 9.79. The summed E-state index contributed by atoms with van der Waals surface area (Å²) in [5.74, 6) is 0.547. The van der Waals surface area contributed by atoms with Gasteiger partial charge in [0, 0.05) is 0 Å². The van der Waals surface area contributed by atoms with Crippen LogP contribution >= 0.6 is 0 Å². The Labute approximate surface area is 172 Å². The molecule has 1 aliphatic rings. The third-order valence-electron chi connectivity index (χ3n) is 5.39. The Balaban J connectivity index is 2.41. The molecule has 162 valence electrons. The summed E-state index contributed by atoms with van der Waals surface area (Å²) >= 11 is 0. The van der Waals surface area contributed by atoms with Gasteiger partial charge in [0.2, 0.25) is 0 Å². The molecule has 4 nitrogen and oxygen atoms in total. The first-order valence-corrected chi connectivity index (χ1v) is 11.4. The van der Waals surface area contributed by atoms with E-state index in [0.717, 1.165) is 51.4 Å². The Bertz CT molecular complexity index is 447. The number of unbranched alkanes of at least 4 members (excludes halogenated alkanes) is 4. The van der Waals surface area contributed by atoms with Crippen molar-refractivity contribution in [3.63, 3.8) is 0 Å². The van der Waals surface area contributed by atoms with Gasteiger partial charge in [-0.2, -0.15) is 0 Å². The van der Waals surface area contributed by atoms with Gasteiger partial charge in [0.05, 0.1) is 13.2 Å². The molecule has 4 heteroatoms. The minimum atomic E-state index is -1.23. The Hall–Kier alpha value is -1.32. The van der Waals surface area contributed by atoms with Crippen molar-refractivity contribution in [1.29, 1.82) is 0 Å². The molecule has 0 saturated carbocycles. The van der Waals surface area contributed by atoms with Crippen LogP contribution in [-0.2, 0) is 19.1 Å². The molecule has 0 aliphatic heterocycles. The van der Waals surface area contributed by atoms with Crippen LogP contribution in [0.1, 0.15) is 98.3 Å².